The number of allylic oxidation sites excluding steroid dienone is 1. The molecule has 0 atom stereocenters. The van der Waals surface area contributed by atoms with Crippen LogP contribution in [0.4, 0.5) is 0 Å². The van der Waals surface area contributed by atoms with Crippen LogP contribution in [0, 0.1) is 0 Å². The third kappa shape index (κ3) is 2.93. The number of nitrogens with zero attached hydrogens (tertiary/aromatic N) is 2. The number of para-hydroxylation sites is 1. The molecule has 130 valence electrons. The predicted octanol–water partition coefficient (Wildman–Crippen LogP) is 3.92. The fourth-order valence-electron chi connectivity index (χ4n) is 3.13. The number of aromatic nitrogens is 2. The van der Waals surface area contributed by atoms with Gasteiger partial charge in [0, 0.05) is 22.7 Å². The Morgan fingerprint density at radius 1 is 1.27 bits per heavy atom. The number of benzene rings is 1. The number of aryl methyl sites for hydroxylation is 1. The van der Waals surface area contributed by atoms with Gasteiger partial charge in [0.25, 0.3) is 0 Å². The fourth-order valence-corrected chi connectivity index (χ4v) is 4.28. The molecule has 0 aliphatic heterocycles. The summed E-state index contributed by atoms with van der Waals surface area (Å²) in [6.07, 6.45) is 2.83. The number of hydrogen-bond donors (Lipinski definition) is 1. The van der Waals surface area contributed by atoms with E-state index < -0.39 is 0 Å². The van der Waals surface area contributed by atoms with E-state index >= 15 is 0 Å². The zero-order valence-electron chi connectivity index (χ0n) is 14.2. The zero-order valence-corrected chi connectivity index (χ0v) is 15.0. The molecule has 0 amide bonds. The Labute approximate surface area is 154 Å². The summed E-state index contributed by atoms with van der Waals surface area (Å²) in [6.45, 7) is 1.51. The number of hydrogen-bond acceptors (Lipinski definition) is 6. The van der Waals surface area contributed by atoms with Crippen LogP contribution >= 0.6 is 11.3 Å². The number of rotatable bonds is 3. The van der Waals surface area contributed by atoms with Crippen molar-refractivity contribution in [2.24, 2.45) is 0 Å². The van der Waals surface area contributed by atoms with Crippen molar-refractivity contribution in [3.63, 3.8) is 0 Å². The predicted molar refractivity (Wildman–Crippen MR) is 100 cm³/mol. The molecule has 6 heteroatoms. The van der Waals surface area contributed by atoms with E-state index in [1.54, 1.807) is 6.20 Å². The smallest absolute Gasteiger partial charge is 0.204 e. The van der Waals surface area contributed by atoms with Gasteiger partial charge in [-0.05, 0) is 31.9 Å². The SMILES string of the molecule is CC(=O)Cc1nc2c(s1)C(=O)/C(=C(\O)c1cnc3ccccc3c1)CC2. The van der Waals surface area contributed by atoms with Crippen molar-refractivity contribution < 1.29 is 14.7 Å². The number of fused-ring (bicyclic) bond motifs is 2. The van der Waals surface area contributed by atoms with Crippen LogP contribution in [0.1, 0.15) is 39.3 Å². The van der Waals surface area contributed by atoms with Gasteiger partial charge in [-0.15, -0.1) is 11.3 Å². The number of aliphatic hydroxyl groups excluding tert-OH is 1. The maximum atomic E-state index is 12.8. The lowest BCUT2D eigenvalue weighted by Gasteiger charge is -2.14. The van der Waals surface area contributed by atoms with Crippen LogP contribution in [0.15, 0.2) is 42.1 Å². The lowest BCUT2D eigenvalue weighted by molar-refractivity contribution is -0.116. The second-order valence-corrected chi connectivity index (χ2v) is 7.42. The monoisotopic (exact) mass is 364 g/mol. The van der Waals surface area contributed by atoms with Crippen LogP contribution in [0.3, 0.4) is 0 Å². The second kappa shape index (κ2) is 6.46. The Kier molecular flexibility index (Phi) is 4.12. The van der Waals surface area contributed by atoms with Crippen molar-refractivity contribution in [1.29, 1.82) is 0 Å². The zero-order chi connectivity index (χ0) is 18.3. The fraction of sp³-hybridized carbons (Fsp3) is 0.200. The molecule has 3 aromatic rings. The Morgan fingerprint density at radius 2 is 2.08 bits per heavy atom. The van der Waals surface area contributed by atoms with Gasteiger partial charge in [-0.25, -0.2) is 4.98 Å². The number of carbonyl (C=O) groups is 2. The summed E-state index contributed by atoms with van der Waals surface area (Å²) in [6, 6.07) is 9.46. The minimum Gasteiger partial charge on any atom is -0.507 e. The van der Waals surface area contributed by atoms with E-state index in [0.717, 1.165) is 16.6 Å². The molecule has 0 bridgehead atoms. The van der Waals surface area contributed by atoms with Crippen LogP contribution in [-0.2, 0) is 17.6 Å². The molecule has 26 heavy (non-hydrogen) atoms. The van der Waals surface area contributed by atoms with E-state index in [-0.39, 0.29) is 23.7 Å². The summed E-state index contributed by atoms with van der Waals surface area (Å²) in [5.41, 5.74) is 2.48. The minimum atomic E-state index is -0.204. The first-order valence-corrected chi connectivity index (χ1v) is 9.14. The molecule has 1 aliphatic carbocycles. The lowest BCUT2D eigenvalue weighted by atomic mass is 9.93. The van der Waals surface area contributed by atoms with Crippen LogP contribution in [0.25, 0.3) is 16.7 Å². The molecule has 0 fully saturated rings. The Bertz CT molecular complexity index is 1080. The average Bonchev–Trinajstić information content (AvgIpc) is 3.04. The highest BCUT2D eigenvalue weighted by atomic mass is 32.1. The number of Topliss-reactive ketones (excluding diaryl/α,β-unsaturated/α-hetero) is 2. The van der Waals surface area contributed by atoms with Gasteiger partial charge in [0.2, 0.25) is 5.78 Å². The molecule has 2 heterocycles. The van der Waals surface area contributed by atoms with E-state index in [9.17, 15) is 14.7 Å². The molecule has 0 unspecified atom stereocenters. The maximum Gasteiger partial charge on any atom is 0.204 e. The number of aliphatic hydroxyl groups is 1. The van der Waals surface area contributed by atoms with Crippen LogP contribution < -0.4 is 0 Å². The number of ketones is 2. The molecule has 0 spiro atoms. The topological polar surface area (TPSA) is 80.2 Å². The highest BCUT2D eigenvalue weighted by Crippen LogP contribution is 2.33. The van der Waals surface area contributed by atoms with E-state index in [1.165, 1.54) is 18.3 Å². The third-order valence-electron chi connectivity index (χ3n) is 4.38. The van der Waals surface area contributed by atoms with Crippen molar-refractivity contribution >= 4 is 39.6 Å². The van der Waals surface area contributed by atoms with Gasteiger partial charge in [0.05, 0.1) is 22.5 Å². The number of pyridine rings is 1. The molecule has 0 radical (unpaired) electrons. The molecule has 1 N–H and O–H groups in total. The van der Waals surface area contributed by atoms with Crippen molar-refractivity contribution in [3.8, 4) is 0 Å². The van der Waals surface area contributed by atoms with Gasteiger partial charge < -0.3 is 5.11 Å². The molecule has 1 aliphatic rings. The van der Waals surface area contributed by atoms with Gasteiger partial charge in [-0.3, -0.25) is 14.6 Å². The van der Waals surface area contributed by atoms with Crippen molar-refractivity contribution in [1.82, 2.24) is 9.97 Å². The summed E-state index contributed by atoms with van der Waals surface area (Å²) in [7, 11) is 0. The summed E-state index contributed by atoms with van der Waals surface area (Å²) in [5.74, 6) is -0.214. The van der Waals surface area contributed by atoms with E-state index in [1.807, 2.05) is 30.3 Å². The highest BCUT2D eigenvalue weighted by molar-refractivity contribution is 7.14. The highest BCUT2D eigenvalue weighted by Gasteiger charge is 2.29. The van der Waals surface area contributed by atoms with Gasteiger partial charge in [0.1, 0.15) is 16.6 Å². The third-order valence-corrected chi connectivity index (χ3v) is 5.48. The van der Waals surface area contributed by atoms with Gasteiger partial charge in [0.15, 0.2) is 0 Å². The number of carbonyl (C=O) groups excluding carboxylic acids is 2. The second-order valence-electron chi connectivity index (χ2n) is 6.34. The van der Waals surface area contributed by atoms with Gasteiger partial charge >= 0.3 is 0 Å². The first-order valence-electron chi connectivity index (χ1n) is 8.33. The van der Waals surface area contributed by atoms with E-state index in [2.05, 4.69) is 9.97 Å². The average molecular weight is 364 g/mol. The molecule has 0 saturated carbocycles. The Balaban J connectivity index is 1.73. The summed E-state index contributed by atoms with van der Waals surface area (Å²) < 4.78 is 0. The molecular weight excluding hydrogens is 348 g/mol. The van der Waals surface area contributed by atoms with Crippen molar-refractivity contribution in [2.75, 3.05) is 0 Å². The lowest BCUT2D eigenvalue weighted by Crippen LogP contribution is -2.14. The normalized spacial score (nSPS) is 15.8. The summed E-state index contributed by atoms with van der Waals surface area (Å²) in [4.78, 5) is 33.4. The van der Waals surface area contributed by atoms with E-state index in [4.69, 9.17) is 0 Å². The van der Waals surface area contributed by atoms with Crippen LogP contribution in [0.5, 0.6) is 0 Å². The summed E-state index contributed by atoms with van der Waals surface area (Å²) >= 11 is 1.25. The largest absolute Gasteiger partial charge is 0.507 e. The van der Waals surface area contributed by atoms with Crippen molar-refractivity contribution in [3.05, 3.63) is 63.2 Å². The molecule has 1 aromatic carbocycles. The van der Waals surface area contributed by atoms with Crippen LogP contribution in [0.2, 0.25) is 0 Å². The molecule has 4 rings (SSSR count). The molecule has 0 saturated heterocycles. The summed E-state index contributed by atoms with van der Waals surface area (Å²) in [5, 5.41) is 12.3. The van der Waals surface area contributed by atoms with Gasteiger partial charge in [-0.2, -0.15) is 0 Å². The quantitative estimate of drug-likeness (QED) is 0.563. The molecule has 5 nitrogen and oxygen atoms in total. The van der Waals surface area contributed by atoms with Crippen LogP contribution in [-0.4, -0.2) is 26.6 Å². The standard InChI is InChI=1S/C20H16N2O3S/c1-11(23)8-17-22-16-7-6-14(19(25)20(16)26-17)18(24)13-9-12-4-2-3-5-15(12)21-10-13/h2-5,9-10,24H,6-8H2,1H3/b18-14-. The number of thiazole rings is 1. The first kappa shape index (κ1) is 16.6. The first-order chi connectivity index (χ1) is 12.5. The van der Waals surface area contributed by atoms with Crippen molar-refractivity contribution in [2.45, 2.75) is 26.2 Å². The Hall–Kier alpha value is -2.86. The Morgan fingerprint density at radius 3 is 2.88 bits per heavy atom. The minimum absolute atomic E-state index is 0.0180. The van der Waals surface area contributed by atoms with E-state index in [0.29, 0.717) is 33.9 Å². The molecule has 2 aromatic heterocycles. The maximum absolute atomic E-state index is 12.8. The molecular formula is C20H16N2O3S. The van der Waals surface area contributed by atoms with Gasteiger partial charge in [-0.1, -0.05) is 18.2 Å².